The van der Waals surface area contributed by atoms with Gasteiger partial charge in [-0.05, 0) is 30.6 Å². The predicted octanol–water partition coefficient (Wildman–Crippen LogP) is 3.94. The van der Waals surface area contributed by atoms with Crippen LogP contribution >= 0.6 is 24.0 Å². The molecular weight excluding hydrogens is 342 g/mol. The number of benzene rings is 1. The molecule has 1 N–H and O–H groups in total. The largest absolute Gasteiger partial charge is 0.372 e. The van der Waals surface area contributed by atoms with Gasteiger partial charge in [0, 0.05) is 18.6 Å². The van der Waals surface area contributed by atoms with E-state index in [1.54, 1.807) is 0 Å². The summed E-state index contributed by atoms with van der Waals surface area (Å²) in [5.74, 6) is -0.0786. The van der Waals surface area contributed by atoms with Crippen molar-refractivity contribution in [1.29, 1.82) is 0 Å². The molecule has 0 radical (unpaired) electrons. The van der Waals surface area contributed by atoms with E-state index in [2.05, 4.69) is 12.4 Å². The lowest BCUT2D eigenvalue weighted by Crippen LogP contribution is -2.36. The van der Waals surface area contributed by atoms with E-state index in [9.17, 15) is 9.59 Å². The highest BCUT2D eigenvalue weighted by Crippen LogP contribution is 2.16. The Kier molecular flexibility index (Phi) is 9.64. The second-order valence-corrected chi connectivity index (χ2v) is 7.37. The van der Waals surface area contributed by atoms with Crippen molar-refractivity contribution in [2.24, 2.45) is 11.8 Å². The van der Waals surface area contributed by atoms with Crippen molar-refractivity contribution in [2.45, 2.75) is 40.0 Å². The van der Waals surface area contributed by atoms with Gasteiger partial charge >= 0.3 is 0 Å². The van der Waals surface area contributed by atoms with Gasteiger partial charge in [-0.15, -0.1) is 0 Å². The Hall–Kier alpha value is -1.40. The van der Waals surface area contributed by atoms with Gasteiger partial charge in [-0.1, -0.05) is 62.4 Å². The fourth-order valence-corrected chi connectivity index (χ4v) is 3.04. The lowest BCUT2D eigenvalue weighted by atomic mass is 10.0. The Morgan fingerprint density at radius 3 is 2.54 bits per heavy atom. The fourth-order valence-electron chi connectivity index (χ4n) is 2.18. The maximum atomic E-state index is 12.4. The summed E-state index contributed by atoms with van der Waals surface area (Å²) in [4.78, 5) is 28.9. The molecule has 1 aromatic rings. The standard InChI is InChI=1S/C18H25NO3S2/c1-4-8-13(2)18(23)22-19-17(21)16(12-24-14(3)20)11-15-9-6-5-7-10-15/h5-7,9-10,13,16H,4,8,11-12H2,1-3H3,(H,19,21)/t13?,16-/m0/s1. The van der Waals surface area contributed by atoms with Crippen molar-refractivity contribution >= 4 is 40.1 Å². The van der Waals surface area contributed by atoms with Crippen molar-refractivity contribution in [3.63, 3.8) is 0 Å². The molecule has 1 aromatic carbocycles. The van der Waals surface area contributed by atoms with Crippen LogP contribution in [0.15, 0.2) is 30.3 Å². The third-order valence-electron chi connectivity index (χ3n) is 3.56. The summed E-state index contributed by atoms with van der Waals surface area (Å²) in [6.07, 6.45) is 2.47. The van der Waals surface area contributed by atoms with Gasteiger partial charge in [0.15, 0.2) is 10.2 Å². The Balaban J connectivity index is 2.62. The lowest BCUT2D eigenvalue weighted by Gasteiger charge is -2.18. The molecule has 2 atom stereocenters. The van der Waals surface area contributed by atoms with E-state index in [-0.39, 0.29) is 22.9 Å². The van der Waals surface area contributed by atoms with Crippen molar-refractivity contribution in [1.82, 2.24) is 5.48 Å². The summed E-state index contributed by atoms with van der Waals surface area (Å²) in [6.45, 7) is 5.55. The molecule has 0 saturated heterocycles. The number of nitrogens with one attached hydrogen (secondary N) is 1. The SMILES string of the molecule is CCCC(C)C(=S)ONC(=O)[C@H](CSC(C)=O)Cc1ccccc1. The molecule has 24 heavy (non-hydrogen) atoms. The van der Waals surface area contributed by atoms with Gasteiger partial charge in [-0.3, -0.25) is 9.59 Å². The number of carbonyl (C=O) groups is 2. The molecular formula is C18H25NO3S2. The van der Waals surface area contributed by atoms with Crippen LogP contribution in [0.1, 0.15) is 39.2 Å². The first-order chi connectivity index (χ1) is 11.4. The number of carbonyl (C=O) groups excluding carboxylic acids is 2. The van der Waals surface area contributed by atoms with Crippen LogP contribution in [0, 0.1) is 11.8 Å². The maximum absolute atomic E-state index is 12.4. The molecule has 1 amide bonds. The van der Waals surface area contributed by atoms with Crippen LogP contribution in [0.4, 0.5) is 0 Å². The normalized spacial score (nSPS) is 13.0. The first kappa shape index (κ1) is 20.6. The molecule has 4 nitrogen and oxygen atoms in total. The first-order valence-electron chi connectivity index (χ1n) is 8.11. The number of rotatable bonds is 8. The highest BCUT2D eigenvalue weighted by Gasteiger charge is 2.21. The van der Waals surface area contributed by atoms with Gasteiger partial charge in [0.25, 0.3) is 5.91 Å². The maximum Gasteiger partial charge on any atom is 0.256 e. The van der Waals surface area contributed by atoms with Crippen LogP contribution in [0.2, 0.25) is 0 Å². The predicted molar refractivity (Wildman–Crippen MR) is 103 cm³/mol. The fraction of sp³-hybridized carbons (Fsp3) is 0.500. The summed E-state index contributed by atoms with van der Waals surface area (Å²) in [6, 6.07) is 9.72. The van der Waals surface area contributed by atoms with Gasteiger partial charge in [0.05, 0.1) is 5.92 Å². The average Bonchev–Trinajstić information content (AvgIpc) is 2.57. The van der Waals surface area contributed by atoms with Crippen LogP contribution in [-0.4, -0.2) is 21.8 Å². The smallest absolute Gasteiger partial charge is 0.256 e. The quantitative estimate of drug-likeness (QED) is 0.557. The second kappa shape index (κ2) is 11.2. The number of thioether (sulfide) groups is 1. The van der Waals surface area contributed by atoms with Gasteiger partial charge in [0.1, 0.15) is 0 Å². The third-order valence-corrected chi connectivity index (χ3v) is 5.02. The molecule has 0 saturated carbocycles. The minimum Gasteiger partial charge on any atom is -0.372 e. The minimum atomic E-state index is -0.356. The summed E-state index contributed by atoms with van der Waals surface area (Å²) < 4.78 is 0. The van der Waals surface area contributed by atoms with Gasteiger partial charge in [-0.2, -0.15) is 5.48 Å². The van der Waals surface area contributed by atoms with Gasteiger partial charge in [-0.25, -0.2) is 0 Å². The number of hydrogen-bond donors (Lipinski definition) is 1. The Morgan fingerprint density at radius 2 is 1.96 bits per heavy atom. The highest BCUT2D eigenvalue weighted by atomic mass is 32.2. The summed E-state index contributed by atoms with van der Waals surface area (Å²) in [5.41, 5.74) is 3.51. The van der Waals surface area contributed by atoms with Gasteiger partial charge in [0.2, 0.25) is 0 Å². The summed E-state index contributed by atoms with van der Waals surface area (Å²) >= 11 is 6.33. The van der Waals surface area contributed by atoms with E-state index >= 15 is 0 Å². The Bertz CT molecular complexity index is 548. The molecule has 6 heteroatoms. The molecule has 1 rings (SSSR count). The lowest BCUT2D eigenvalue weighted by molar-refractivity contribution is -0.131. The molecule has 0 aliphatic rings. The van der Waals surface area contributed by atoms with Crippen LogP contribution in [0.25, 0.3) is 0 Å². The minimum absolute atomic E-state index is 0.00568. The molecule has 0 aliphatic heterocycles. The Morgan fingerprint density at radius 1 is 1.29 bits per heavy atom. The van der Waals surface area contributed by atoms with E-state index in [1.807, 2.05) is 37.3 Å². The van der Waals surface area contributed by atoms with Gasteiger partial charge < -0.3 is 4.84 Å². The zero-order valence-corrected chi connectivity index (χ0v) is 16.0. The number of hydroxylamine groups is 1. The summed E-state index contributed by atoms with van der Waals surface area (Å²) in [5, 5.41) is 0.386. The number of thiocarbonyl (C=S) groups is 1. The molecule has 0 heterocycles. The van der Waals surface area contributed by atoms with Crippen molar-refractivity contribution in [3.8, 4) is 0 Å². The summed E-state index contributed by atoms with van der Waals surface area (Å²) in [7, 11) is 0. The Labute approximate surface area is 153 Å². The van der Waals surface area contributed by atoms with Crippen LogP contribution in [-0.2, 0) is 20.8 Å². The monoisotopic (exact) mass is 367 g/mol. The van der Waals surface area contributed by atoms with Crippen LogP contribution in [0.3, 0.4) is 0 Å². The third kappa shape index (κ3) is 7.93. The molecule has 0 bridgehead atoms. The topological polar surface area (TPSA) is 55.4 Å². The number of amides is 1. The molecule has 0 fully saturated rings. The van der Waals surface area contributed by atoms with E-state index in [4.69, 9.17) is 17.1 Å². The zero-order chi connectivity index (χ0) is 17.9. The first-order valence-corrected chi connectivity index (χ1v) is 9.51. The number of hydrogen-bond acceptors (Lipinski definition) is 5. The van der Waals surface area contributed by atoms with Crippen LogP contribution in [0.5, 0.6) is 0 Å². The van der Waals surface area contributed by atoms with E-state index < -0.39 is 0 Å². The average molecular weight is 368 g/mol. The molecule has 0 aliphatic carbocycles. The zero-order valence-electron chi connectivity index (χ0n) is 14.4. The molecule has 1 unspecified atom stereocenters. The highest BCUT2D eigenvalue weighted by molar-refractivity contribution is 8.13. The molecule has 0 aromatic heterocycles. The molecule has 132 valence electrons. The second-order valence-electron chi connectivity index (χ2n) is 5.77. The van der Waals surface area contributed by atoms with E-state index in [1.165, 1.54) is 6.92 Å². The van der Waals surface area contributed by atoms with Crippen molar-refractivity contribution < 1.29 is 14.4 Å². The molecule has 0 spiro atoms. The van der Waals surface area contributed by atoms with E-state index in [0.29, 0.717) is 17.2 Å². The van der Waals surface area contributed by atoms with Crippen molar-refractivity contribution in [3.05, 3.63) is 35.9 Å². The van der Waals surface area contributed by atoms with Crippen LogP contribution < -0.4 is 5.48 Å². The van der Waals surface area contributed by atoms with Crippen molar-refractivity contribution in [2.75, 3.05) is 5.75 Å². The van der Waals surface area contributed by atoms with E-state index in [0.717, 1.165) is 30.2 Å².